The summed E-state index contributed by atoms with van der Waals surface area (Å²) >= 11 is 0. The van der Waals surface area contributed by atoms with Gasteiger partial charge >= 0.3 is 0 Å². The van der Waals surface area contributed by atoms with E-state index in [1.165, 1.54) is 4.31 Å². The summed E-state index contributed by atoms with van der Waals surface area (Å²) in [5.41, 5.74) is 1.72. The smallest absolute Gasteiger partial charge is 0.244 e. The quantitative estimate of drug-likeness (QED) is 0.310. The lowest BCUT2D eigenvalue weighted by Gasteiger charge is -2.30. The minimum Gasteiger partial charge on any atom is -0.493 e. The molecule has 4 aromatic carbocycles. The van der Waals surface area contributed by atoms with Crippen molar-refractivity contribution in [2.24, 2.45) is 0 Å². The highest BCUT2D eigenvalue weighted by Crippen LogP contribution is 2.33. The van der Waals surface area contributed by atoms with Crippen LogP contribution in [-0.2, 0) is 28.0 Å². The first kappa shape index (κ1) is 26.7. The molecule has 1 fully saturated rings. The topological polar surface area (TPSA) is 84.9 Å². The summed E-state index contributed by atoms with van der Waals surface area (Å²) in [7, 11) is -2.50. The number of carbonyl (C=O) groups excluding carboxylic acids is 1. The van der Waals surface area contributed by atoms with E-state index in [1.807, 2.05) is 60.7 Å². The molecule has 1 N–H and O–H groups in total. The summed E-state index contributed by atoms with van der Waals surface area (Å²) in [6.45, 7) is 0.929. The SMILES string of the molecule is COc1cc(CN(C2CCCCNC2=O)S(=O)(=O)c2cccc3ccccc23)ccc1OCc1ccccc1. The van der Waals surface area contributed by atoms with Crippen molar-refractivity contribution >= 4 is 26.7 Å². The molecule has 39 heavy (non-hydrogen) atoms. The third kappa shape index (κ3) is 5.92. The van der Waals surface area contributed by atoms with Gasteiger partial charge in [-0.3, -0.25) is 4.79 Å². The molecule has 8 heteroatoms. The lowest BCUT2D eigenvalue weighted by molar-refractivity contribution is -0.124. The van der Waals surface area contributed by atoms with Crippen molar-refractivity contribution < 1.29 is 22.7 Å². The largest absolute Gasteiger partial charge is 0.493 e. The van der Waals surface area contributed by atoms with Gasteiger partial charge in [-0.1, -0.05) is 72.8 Å². The average Bonchev–Trinajstić information content (AvgIpc) is 3.19. The number of hydrogen-bond acceptors (Lipinski definition) is 5. The van der Waals surface area contributed by atoms with E-state index in [2.05, 4.69) is 5.32 Å². The Morgan fingerprint density at radius 2 is 1.64 bits per heavy atom. The standard InChI is InChI=1S/C31H32N2O5S/c1-37-29-20-24(17-18-28(29)38-22-23-10-3-2-4-11-23)21-33(27-15-7-8-19-32-31(27)34)39(35,36)30-16-9-13-25-12-5-6-14-26(25)30/h2-6,9-14,16-18,20,27H,7-8,15,19,21-22H2,1H3,(H,32,34). The molecule has 202 valence electrons. The maximum absolute atomic E-state index is 14.3. The van der Waals surface area contributed by atoms with E-state index < -0.39 is 16.1 Å². The predicted molar refractivity (Wildman–Crippen MR) is 151 cm³/mol. The summed E-state index contributed by atoms with van der Waals surface area (Å²) in [4.78, 5) is 13.3. The van der Waals surface area contributed by atoms with Crippen LogP contribution in [0.5, 0.6) is 11.5 Å². The summed E-state index contributed by atoms with van der Waals surface area (Å²) in [6, 6.07) is 27.0. The van der Waals surface area contributed by atoms with E-state index in [0.29, 0.717) is 42.0 Å². The fraction of sp³-hybridized carbons (Fsp3) is 0.258. The lowest BCUT2D eigenvalue weighted by atomic mass is 10.1. The number of fused-ring (bicyclic) bond motifs is 1. The van der Waals surface area contributed by atoms with Crippen LogP contribution in [0.1, 0.15) is 30.4 Å². The Balaban J connectivity index is 1.50. The van der Waals surface area contributed by atoms with Crippen molar-refractivity contribution in [1.82, 2.24) is 9.62 Å². The van der Waals surface area contributed by atoms with Gasteiger partial charge in [0.2, 0.25) is 15.9 Å². The molecule has 1 amide bonds. The van der Waals surface area contributed by atoms with Crippen LogP contribution in [0.4, 0.5) is 0 Å². The fourth-order valence-electron chi connectivity index (χ4n) is 4.95. The molecule has 0 bridgehead atoms. The number of carbonyl (C=O) groups is 1. The Labute approximate surface area is 229 Å². The summed E-state index contributed by atoms with van der Waals surface area (Å²) < 4.78 is 41.5. The van der Waals surface area contributed by atoms with E-state index in [4.69, 9.17) is 9.47 Å². The fourth-order valence-corrected chi connectivity index (χ4v) is 6.77. The zero-order valence-corrected chi connectivity index (χ0v) is 22.7. The first-order valence-electron chi connectivity index (χ1n) is 13.1. The van der Waals surface area contributed by atoms with Crippen LogP contribution in [0.15, 0.2) is 95.9 Å². The minimum atomic E-state index is -4.05. The van der Waals surface area contributed by atoms with Crippen LogP contribution in [0.3, 0.4) is 0 Å². The molecule has 0 saturated carbocycles. The number of nitrogens with one attached hydrogen (secondary N) is 1. The second-order valence-electron chi connectivity index (χ2n) is 9.59. The summed E-state index contributed by atoms with van der Waals surface area (Å²) in [5, 5.41) is 4.35. The van der Waals surface area contributed by atoms with Crippen LogP contribution < -0.4 is 14.8 Å². The Kier molecular flexibility index (Phi) is 8.14. The summed E-state index contributed by atoms with van der Waals surface area (Å²) in [6.07, 6.45) is 2.01. The molecule has 0 radical (unpaired) electrons. The number of nitrogens with zero attached hydrogens (tertiary/aromatic N) is 1. The number of benzene rings is 4. The van der Waals surface area contributed by atoms with Gasteiger partial charge in [-0.15, -0.1) is 0 Å². The molecular weight excluding hydrogens is 512 g/mol. The normalized spacial score (nSPS) is 16.1. The second kappa shape index (κ2) is 11.9. The second-order valence-corrected chi connectivity index (χ2v) is 11.4. The number of ether oxygens (including phenoxy) is 2. The lowest BCUT2D eigenvalue weighted by Crippen LogP contribution is -2.48. The van der Waals surface area contributed by atoms with Gasteiger partial charge in [0.05, 0.1) is 12.0 Å². The number of sulfonamides is 1. The molecular formula is C31H32N2O5S. The monoisotopic (exact) mass is 544 g/mol. The van der Waals surface area contributed by atoms with Crippen LogP contribution in [-0.4, -0.2) is 38.3 Å². The van der Waals surface area contributed by atoms with Crippen LogP contribution in [0.25, 0.3) is 10.8 Å². The molecule has 1 saturated heterocycles. The van der Waals surface area contributed by atoms with Gasteiger partial charge in [0, 0.05) is 18.5 Å². The predicted octanol–water partition coefficient (Wildman–Crippen LogP) is 5.29. The Morgan fingerprint density at radius 3 is 2.46 bits per heavy atom. The third-order valence-electron chi connectivity index (χ3n) is 6.99. The first-order valence-corrected chi connectivity index (χ1v) is 14.5. The number of methoxy groups -OCH3 is 1. The van der Waals surface area contributed by atoms with E-state index in [-0.39, 0.29) is 17.3 Å². The van der Waals surface area contributed by atoms with Gasteiger partial charge in [-0.05, 0) is 54.0 Å². The van der Waals surface area contributed by atoms with E-state index >= 15 is 0 Å². The van der Waals surface area contributed by atoms with Crippen molar-refractivity contribution in [3.63, 3.8) is 0 Å². The molecule has 4 aromatic rings. The Bertz CT molecular complexity index is 1550. The van der Waals surface area contributed by atoms with Crippen molar-refractivity contribution in [2.45, 2.75) is 43.4 Å². The van der Waals surface area contributed by atoms with Crippen molar-refractivity contribution in [1.29, 1.82) is 0 Å². The third-order valence-corrected chi connectivity index (χ3v) is 8.91. The molecule has 1 heterocycles. The molecule has 1 unspecified atom stereocenters. The van der Waals surface area contributed by atoms with Gasteiger partial charge in [0.1, 0.15) is 12.6 Å². The molecule has 1 aliphatic heterocycles. The van der Waals surface area contributed by atoms with Crippen LogP contribution >= 0.6 is 0 Å². The highest BCUT2D eigenvalue weighted by molar-refractivity contribution is 7.89. The molecule has 1 aliphatic rings. The van der Waals surface area contributed by atoms with Crippen LogP contribution in [0, 0.1) is 0 Å². The van der Waals surface area contributed by atoms with Crippen LogP contribution in [0.2, 0.25) is 0 Å². The Hall–Kier alpha value is -3.88. The van der Waals surface area contributed by atoms with Gasteiger partial charge in [-0.2, -0.15) is 4.31 Å². The van der Waals surface area contributed by atoms with Crippen molar-refractivity contribution in [3.8, 4) is 11.5 Å². The zero-order valence-electron chi connectivity index (χ0n) is 21.9. The molecule has 1 atom stereocenters. The maximum atomic E-state index is 14.3. The highest BCUT2D eigenvalue weighted by Gasteiger charge is 2.37. The molecule has 0 spiro atoms. The van der Waals surface area contributed by atoms with Gasteiger partial charge in [-0.25, -0.2) is 8.42 Å². The number of amides is 1. The number of hydrogen-bond donors (Lipinski definition) is 1. The molecule has 5 rings (SSSR count). The van der Waals surface area contributed by atoms with Crippen molar-refractivity contribution in [3.05, 3.63) is 102 Å². The summed E-state index contributed by atoms with van der Waals surface area (Å²) in [5.74, 6) is 0.781. The van der Waals surface area contributed by atoms with E-state index in [9.17, 15) is 13.2 Å². The van der Waals surface area contributed by atoms with Crippen molar-refractivity contribution in [2.75, 3.05) is 13.7 Å². The molecule has 7 nitrogen and oxygen atoms in total. The van der Waals surface area contributed by atoms with Gasteiger partial charge in [0.15, 0.2) is 11.5 Å². The zero-order chi connectivity index (χ0) is 27.2. The van der Waals surface area contributed by atoms with E-state index in [1.54, 1.807) is 37.4 Å². The Morgan fingerprint density at radius 1 is 0.872 bits per heavy atom. The first-order chi connectivity index (χ1) is 19.0. The average molecular weight is 545 g/mol. The molecule has 0 aromatic heterocycles. The van der Waals surface area contributed by atoms with Gasteiger partial charge < -0.3 is 14.8 Å². The number of rotatable bonds is 9. The van der Waals surface area contributed by atoms with Gasteiger partial charge in [0.25, 0.3) is 0 Å². The molecule has 0 aliphatic carbocycles. The maximum Gasteiger partial charge on any atom is 0.244 e. The highest BCUT2D eigenvalue weighted by atomic mass is 32.2. The van der Waals surface area contributed by atoms with E-state index in [0.717, 1.165) is 23.8 Å². The minimum absolute atomic E-state index is 0.0129.